The smallest absolute Gasteiger partial charge is 0.211 e. The van der Waals surface area contributed by atoms with Crippen LogP contribution in [-0.2, 0) is 10.0 Å². The first-order chi connectivity index (χ1) is 8.95. The van der Waals surface area contributed by atoms with Gasteiger partial charge >= 0.3 is 0 Å². The van der Waals surface area contributed by atoms with E-state index in [0.717, 1.165) is 18.9 Å². The topological polar surface area (TPSA) is 82.6 Å². The van der Waals surface area contributed by atoms with E-state index >= 15 is 0 Å². The highest BCUT2D eigenvalue weighted by Crippen LogP contribution is 1.89. The Labute approximate surface area is 140 Å². The maximum Gasteiger partial charge on any atom is 0.211 e. The molecule has 0 aromatic carbocycles. The van der Waals surface area contributed by atoms with E-state index < -0.39 is 10.0 Å². The number of hydrogen-bond donors (Lipinski definition) is 3. The Balaban J connectivity index is 0. The second kappa shape index (κ2) is 12.6. The van der Waals surface area contributed by atoms with Crippen molar-refractivity contribution < 1.29 is 8.42 Å². The van der Waals surface area contributed by atoms with Crippen LogP contribution in [0.5, 0.6) is 0 Å². The third-order valence-corrected chi connectivity index (χ3v) is 4.05. The van der Waals surface area contributed by atoms with Gasteiger partial charge in [-0.25, -0.2) is 13.1 Å². The zero-order chi connectivity index (χ0) is 14.7. The fourth-order valence-electron chi connectivity index (χ4n) is 1.26. The van der Waals surface area contributed by atoms with Crippen molar-refractivity contribution in [1.82, 2.24) is 15.4 Å². The van der Waals surface area contributed by atoms with E-state index in [1.165, 1.54) is 0 Å². The number of halogens is 1. The molecule has 0 aliphatic rings. The summed E-state index contributed by atoms with van der Waals surface area (Å²) in [5.41, 5.74) is 0. The van der Waals surface area contributed by atoms with E-state index in [2.05, 4.69) is 34.2 Å². The molecular weight excluding hydrogens is 391 g/mol. The van der Waals surface area contributed by atoms with Gasteiger partial charge in [-0.15, -0.1) is 24.0 Å². The number of nitrogens with one attached hydrogen (secondary N) is 3. The van der Waals surface area contributed by atoms with E-state index in [1.807, 2.05) is 6.92 Å². The molecule has 0 saturated carbocycles. The molecule has 0 aliphatic heterocycles. The maximum atomic E-state index is 11.2. The van der Waals surface area contributed by atoms with Gasteiger partial charge in [-0.3, -0.25) is 4.99 Å². The quantitative estimate of drug-likeness (QED) is 0.227. The number of sulfonamides is 1. The van der Waals surface area contributed by atoms with E-state index in [-0.39, 0.29) is 29.7 Å². The number of hydrogen-bond acceptors (Lipinski definition) is 3. The van der Waals surface area contributed by atoms with Gasteiger partial charge in [-0.2, -0.15) is 0 Å². The van der Waals surface area contributed by atoms with Crippen molar-refractivity contribution in [3.63, 3.8) is 0 Å². The molecular formula is C12H29IN4O2S. The van der Waals surface area contributed by atoms with Gasteiger partial charge in [0.15, 0.2) is 5.96 Å². The molecule has 0 amide bonds. The van der Waals surface area contributed by atoms with Crippen LogP contribution >= 0.6 is 24.0 Å². The predicted octanol–water partition coefficient (Wildman–Crippen LogP) is 1.29. The Bertz CT molecular complexity index is 360. The zero-order valence-corrected chi connectivity index (χ0v) is 16.0. The monoisotopic (exact) mass is 420 g/mol. The SMILES string of the molecule is CCNC(=NCCCNS(=O)(=O)CC)NC(C)CC.I. The summed E-state index contributed by atoms with van der Waals surface area (Å²) in [4.78, 5) is 4.41. The van der Waals surface area contributed by atoms with Gasteiger partial charge in [0.2, 0.25) is 10.0 Å². The highest BCUT2D eigenvalue weighted by atomic mass is 127. The highest BCUT2D eigenvalue weighted by molar-refractivity contribution is 14.0. The van der Waals surface area contributed by atoms with Crippen LogP contribution in [0, 0.1) is 0 Å². The van der Waals surface area contributed by atoms with Crippen molar-refractivity contribution in [3.05, 3.63) is 0 Å². The standard InChI is InChI=1S/C12H28N4O2S.HI/c1-5-11(4)16-12(13-6-2)14-9-8-10-15-19(17,18)7-3;/h11,15H,5-10H2,1-4H3,(H2,13,14,16);1H. The lowest BCUT2D eigenvalue weighted by molar-refractivity contribution is 0.580. The summed E-state index contributed by atoms with van der Waals surface area (Å²) in [7, 11) is -3.08. The lowest BCUT2D eigenvalue weighted by Gasteiger charge is -2.16. The molecule has 0 bridgehead atoms. The fourth-order valence-corrected chi connectivity index (χ4v) is 1.91. The molecule has 0 rings (SSSR count). The average molecular weight is 420 g/mol. The fraction of sp³-hybridized carbons (Fsp3) is 0.917. The zero-order valence-electron chi connectivity index (χ0n) is 12.9. The maximum absolute atomic E-state index is 11.2. The molecule has 0 aromatic heterocycles. The summed E-state index contributed by atoms with van der Waals surface area (Å²) in [6.07, 6.45) is 1.72. The summed E-state index contributed by atoms with van der Waals surface area (Å²) < 4.78 is 25.0. The number of nitrogens with zero attached hydrogens (tertiary/aromatic N) is 1. The first kappa shape index (κ1) is 22.2. The van der Waals surface area contributed by atoms with Crippen LogP contribution in [0.4, 0.5) is 0 Å². The van der Waals surface area contributed by atoms with Crippen LogP contribution in [0.2, 0.25) is 0 Å². The van der Waals surface area contributed by atoms with Crippen LogP contribution in [0.3, 0.4) is 0 Å². The van der Waals surface area contributed by atoms with E-state index in [4.69, 9.17) is 0 Å². The van der Waals surface area contributed by atoms with Crippen molar-refractivity contribution in [2.45, 2.75) is 46.6 Å². The summed E-state index contributed by atoms with van der Waals surface area (Å²) >= 11 is 0. The van der Waals surface area contributed by atoms with Gasteiger partial charge in [0.1, 0.15) is 0 Å². The number of rotatable bonds is 9. The van der Waals surface area contributed by atoms with Gasteiger partial charge in [0.25, 0.3) is 0 Å². The van der Waals surface area contributed by atoms with Gasteiger partial charge in [0, 0.05) is 25.7 Å². The Hall–Kier alpha value is -0.0900. The molecule has 3 N–H and O–H groups in total. The van der Waals surface area contributed by atoms with E-state index in [0.29, 0.717) is 25.6 Å². The molecule has 122 valence electrons. The summed E-state index contributed by atoms with van der Waals surface area (Å²) in [5.74, 6) is 0.907. The third-order valence-electron chi connectivity index (χ3n) is 2.65. The van der Waals surface area contributed by atoms with Crippen LogP contribution < -0.4 is 15.4 Å². The minimum Gasteiger partial charge on any atom is -0.357 e. The van der Waals surface area contributed by atoms with Crippen molar-refractivity contribution in [3.8, 4) is 0 Å². The second-order valence-corrected chi connectivity index (χ2v) is 6.46. The molecule has 0 spiro atoms. The van der Waals surface area contributed by atoms with Gasteiger partial charge in [-0.1, -0.05) is 6.92 Å². The molecule has 6 nitrogen and oxygen atoms in total. The summed E-state index contributed by atoms with van der Waals surface area (Å²) in [5, 5.41) is 6.45. The number of guanidine groups is 1. The Morgan fingerprint density at radius 3 is 2.40 bits per heavy atom. The summed E-state index contributed by atoms with van der Waals surface area (Å²) in [6, 6.07) is 0.372. The summed E-state index contributed by atoms with van der Waals surface area (Å²) in [6.45, 7) is 9.69. The first-order valence-corrected chi connectivity index (χ1v) is 8.62. The Morgan fingerprint density at radius 2 is 1.90 bits per heavy atom. The normalized spacial score (nSPS) is 13.5. The van der Waals surface area contributed by atoms with Crippen LogP contribution in [-0.4, -0.2) is 45.8 Å². The minimum atomic E-state index is -3.08. The van der Waals surface area contributed by atoms with Crippen molar-refractivity contribution in [2.75, 3.05) is 25.4 Å². The minimum absolute atomic E-state index is 0. The molecule has 0 aliphatic carbocycles. The molecule has 1 atom stereocenters. The average Bonchev–Trinajstić information content (AvgIpc) is 2.38. The van der Waals surface area contributed by atoms with Gasteiger partial charge in [-0.05, 0) is 33.6 Å². The molecule has 1 unspecified atom stereocenters. The second-order valence-electron chi connectivity index (χ2n) is 4.37. The molecule has 0 aromatic rings. The molecule has 20 heavy (non-hydrogen) atoms. The van der Waals surface area contributed by atoms with E-state index in [9.17, 15) is 8.42 Å². The lowest BCUT2D eigenvalue weighted by Crippen LogP contribution is -2.42. The van der Waals surface area contributed by atoms with Gasteiger partial charge in [0.05, 0.1) is 5.75 Å². The highest BCUT2D eigenvalue weighted by Gasteiger charge is 2.05. The predicted molar refractivity (Wildman–Crippen MR) is 96.4 cm³/mol. The molecule has 0 radical (unpaired) electrons. The lowest BCUT2D eigenvalue weighted by atomic mass is 10.3. The van der Waals surface area contributed by atoms with Crippen LogP contribution in [0.1, 0.15) is 40.5 Å². The van der Waals surface area contributed by atoms with Crippen molar-refractivity contribution in [1.29, 1.82) is 0 Å². The third kappa shape index (κ3) is 11.7. The molecule has 0 heterocycles. The molecule has 8 heteroatoms. The largest absolute Gasteiger partial charge is 0.357 e. The van der Waals surface area contributed by atoms with E-state index in [1.54, 1.807) is 6.92 Å². The number of aliphatic imine (C=N–C) groups is 1. The van der Waals surface area contributed by atoms with Gasteiger partial charge < -0.3 is 10.6 Å². The van der Waals surface area contributed by atoms with Crippen molar-refractivity contribution >= 4 is 40.0 Å². The first-order valence-electron chi connectivity index (χ1n) is 6.97. The Kier molecular flexibility index (Phi) is 14.0. The molecule has 0 fully saturated rings. The van der Waals surface area contributed by atoms with Crippen LogP contribution in [0.15, 0.2) is 4.99 Å². The van der Waals surface area contributed by atoms with Crippen LogP contribution in [0.25, 0.3) is 0 Å². The molecule has 0 saturated heterocycles. The van der Waals surface area contributed by atoms with Crippen molar-refractivity contribution in [2.24, 2.45) is 4.99 Å². The Morgan fingerprint density at radius 1 is 1.25 bits per heavy atom.